The van der Waals surface area contributed by atoms with Crippen LogP contribution in [0.25, 0.3) is 0 Å². The van der Waals surface area contributed by atoms with Gasteiger partial charge >= 0.3 is 29.6 Å². The zero-order valence-corrected chi connectivity index (χ0v) is 21.8. The van der Waals surface area contributed by atoms with Crippen molar-refractivity contribution in [3.8, 4) is 0 Å². The number of hydrogen-bond donors (Lipinski definition) is 1. The van der Waals surface area contributed by atoms with Crippen molar-refractivity contribution in [2.75, 3.05) is 0 Å². The molecule has 0 aliphatic rings. The minimum Gasteiger partial charge on any atom is -0.748 e. The summed E-state index contributed by atoms with van der Waals surface area (Å²) in [4.78, 5) is 0. The topological polar surface area (TPSA) is 77.4 Å². The van der Waals surface area contributed by atoms with E-state index >= 15 is 0 Å². The van der Waals surface area contributed by atoms with Gasteiger partial charge in [0.15, 0.2) is 0 Å². The van der Waals surface area contributed by atoms with Crippen LogP contribution in [-0.2, 0) is 10.1 Å². The molecule has 4 nitrogen and oxygen atoms in total. The molecule has 0 rings (SSSR count). The third kappa shape index (κ3) is 20.2. The normalized spacial score (nSPS) is 13.9. The predicted octanol–water partition coefficient (Wildman–Crippen LogP) is 3.33. The standard InChI is InChI=1S/C22H46O4S.Na/c1-3-5-6-7-8-11-14-18-21(23)19-15-12-9-10-13-16-20-22(17-4-2)27(24,25)26;/h21-23H,3-20H2,1-2H3,(H,24,25,26);/q;+1/p-1. The maximum Gasteiger partial charge on any atom is 1.00 e. The number of aliphatic hydroxyl groups excluding tert-OH is 1. The van der Waals surface area contributed by atoms with Crippen LogP contribution in [0.15, 0.2) is 0 Å². The average molecular weight is 429 g/mol. The molecule has 0 saturated heterocycles. The van der Waals surface area contributed by atoms with E-state index in [0.29, 0.717) is 12.8 Å². The summed E-state index contributed by atoms with van der Waals surface area (Å²) >= 11 is 0. The zero-order chi connectivity index (χ0) is 20.4. The van der Waals surface area contributed by atoms with Crippen LogP contribution in [0, 0.1) is 0 Å². The van der Waals surface area contributed by atoms with Crippen molar-refractivity contribution in [3.63, 3.8) is 0 Å². The Bertz CT molecular complexity index is 415. The third-order valence-electron chi connectivity index (χ3n) is 5.47. The van der Waals surface area contributed by atoms with Gasteiger partial charge in [-0.3, -0.25) is 0 Å². The van der Waals surface area contributed by atoms with Crippen LogP contribution in [-0.4, -0.2) is 29.4 Å². The number of hydrogen-bond acceptors (Lipinski definition) is 4. The summed E-state index contributed by atoms with van der Waals surface area (Å²) in [6, 6.07) is 0. The molecule has 0 spiro atoms. The van der Waals surface area contributed by atoms with Crippen LogP contribution in [0.1, 0.15) is 129 Å². The molecule has 0 fully saturated rings. The maximum atomic E-state index is 11.2. The van der Waals surface area contributed by atoms with Gasteiger partial charge in [0.25, 0.3) is 0 Å². The first-order valence-corrected chi connectivity index (χ1v) is 13.0. The van der Waals surface area contributed by atoms with Crippen molar-refractivity contribution in [1.29, 1.82) is 0 Å². The van der Waals surface area contributed by atoms with Gasteiger partial charge in [0.05, 0.1) is 16.2 Å². The van der Waals surface area contributed by atoms with E-state index in [0.717, 1.165) is 64.2 Å². The van der Waals surface area contributed by atoms with Gasteiger partial charge in [0, 0.05) is 5.25 Å². The Hall–Kier alpha value is 0.870. The molecule has 0 heterocycles. The van der Waals surface area contributed by atoms with E-state index in [-0.39, 0.29) is 35.7 Å². The average Bonchev–Trinajstić information content (AvgIpc) is 2.61. The number of unbranched alkanes of at least 4 members (excludes halogenated alkanes) is 11. The van der Waals surface area contributed by atoms with Gasteiger partial charge in [0.2, 0.25) is 0 Å². The van der Waals surface area contributed by atoms with Crippen LogP contribution in [0.4, 0.5) is 0 Å². The maximum absolute atomic E-state index is 11.2. The molecule has 2 atom stereocenters. The van der Waals surface area contributed by atoms with Crippen LogP contribution in [0.2, 0.25) is 0 Å². The van der Waals surface area contributed by atoms with Gasteiger partial charge in [0.1, 0.15) is 0 Å². The molecule has 6 heteroatoms. The molecule has 1 N–H and O–H groups in total. The second-order valence-electron chi connectivity index (χ2n) is 8.17. The summed E-state index contributed by atoms with van der Waals surface area (Å²) in [5.41, 5.74) is 0. The Morgan fingerprint density at radius 3 is 1.43 bits per heavy atom. The molecule has 0 amide bonds. The first kappa shape index (κ1) is 31.1. The van der Waals surface area contributed by atoms with E-state index in [4.69, 9.17) is 0 Å². The van der Waals surface area contributed by atoms with Gasteiger partial charge in [-0.2, -0.15) is 0 Å². The van der Waals surface area contributed by atoms with Gasteiger partial charge in [-0.05, 0) is 25.7 Å². The van der Waals surface area contributed by atoms with E-state index in [1.807, 2.05) is 6.92 Å². The van der Waals surface area contributed by atoms with Crippen LogP contribution in [0.5, 0.6) is 0 Å². The summed E-state index contributed by atoms with van der Waals surface area (Å²) in [6.07, 6.45) is 18.7. The SMILES string of the molecule is CCCCCCCCCC(O)CCCCCCCCC(CCC)S(=O)(=O)[O-].[Na+]. The fourth-order valence-corrected chi connectivity index (χ4v) is 4.68. The molecule has 0 aromatic carbocycles. The van der Waals surface area contributed by atoms with E-state index in [9.17, 15) is 18.1 Å². The molecule has 2 unspecified atom stereocenters. The largest absolute Gasteiger partial charge is 1.00 e. The summed E-state index contributed by atoms with van der Waals surface area (Å²) in [5.74, 6) is 0. The fraction of sp³-hybridized carbons (Fsp3) is 1.00. The smallest absolute Gasteiger partial charge is 0.748 e. The Labute approximate surface area is 197 Å². The van der Waals surface area contributed by atoms with Gasteiger partial charge in [-0.1, -0.05) is 104 Å². The van der Waals surface area contributed by atoms with Crippen LogP contribution >= 0.6 is 0 Å². The van der Waals surface area contributed by atoms with Crippen molar-refractivity contribution in [1.82, 2.24) is 0 Å². The quantitative estimate of drug-likeness (QED) is 0.183. The second kappa shape index (κ2) is 21.1. The minimum absolute atomic E-state index is 0. The van der Waals surface area contributed by atoms with Crippen molar-refractivity contribution < 1.29 is 47.6 Å². The Balaban J connectivity index is 0. The van der Waals surface area contributed by atoms with Crippen molar-refractivity contribution in [2.24, 2.45) is 0 Å². The molecular weight excluding hydrogens is 383 g/mol. The monoisotopic (exact) mass is 428 g/mol. The number of aliphatic hydroxyl groups is 1. The first-order chi connectivity index (χ1) is 12.9. The van der Waals surface area contributed by atoms with Gasteiger partial charge in [-0.25, -0.2) is 8.42 Å². The van der Waals surface area contributed by atoms with Crippen molar-refractivity contribution in [2.45, 2.75) is 141 Å². The van der Waals surface area contributed by atoms with Crippen molar-refractivity contribution in [3.05, 3.63) is 0 Å². The Morgan fingerprint density at radius 1 is 0.643 bits per heavy atom. The first-order valence-electron chi connectivity index (χ1n) is 11.5. The van der Waals surface area contributed by atoms with E-state index < -0.39 is 15.4 Å². The predicted molar refractivity (Wildman–Crippen MR) is 114 cm³/mol. The summed E-state index contributed by atoms with van der Waals surface area (Å²) in [7, 11) is -4.13. The van der Waals surface area contributed by atoms with E-state index in [1.54, 1.807) is 0 Å². The Morgan fingerprint density at radius 2 is 1.04 bits per heavy atom. The minimum atomic E-state index is -4.13. The molecule has 0 aliphatic carbocycles. The molecular formula is C22H45NaO4S. The molecule has 0 aromatic rings. The van der Waals surface area contributed by atoms with Crippen LogP contribution < -0.4 is 29.6 Å². The molecule has 0 aliphatic heterocycles. The summed E-state index contributed by atoms with van der Waals surface area (Å²) in [5, 5.41) is 9.34. The molecule has 0 bridgehead atoms. The molecule has 164 valence electrons. The second-order valence-corrected chi connectivity index (χ2v) is 9.82. The summed E-state index contributed by atoms with van der Waals surface area (Å²) in [6.45, 7) is 4.15. The fourth-order valence-electron chi connectivity index (χ4n) is 3.70. The molecule has 0 aromatic heterocycles. The number of rotatable bonds is 20. The van der Waals surface area contributed by atoms with E-state index in [1.165, 1.54) is 38.5 Å². The Kier molecular flexibility index (Phi) is 23.4. The molecule has 0 saturated carbocycles. The van der Waals surface area contributed by atoms with Gasteiger partial charge < -0.3 is 9.66 Å². The summed E-state index contributed by atoms with van der Waals surface area (Å²) < 4.78 is 33.5. The van der Waals surface area contributed by atoms with Crippen LogP contribution in [0.3, 0.4) is 0 Å². The molecule has 28 heavy (non-hydrogen) atoms. The van der Waals surface area contributed by atoms with E-state index in [2.05, 4.69) is 6.92 Å². The van der Waals surface area contributed by atoms with Gasteiger partial charge in [-0.15, -0.1) is 0 Å². The zero-order valence-electron chi connectivity index (χ0n) is 19.0. The molecule has 0 radical (unpaired) electrons. The third-order valence-corrected chi connectivity index (χ3v) is 6.76. The van der Waals surface area contributed by atoms with Crippen molar-refractivity contribution >= 4 is 10.1 Å².